The Balaban J connectivity index is 0.00000180. The zero-order chi connectivity index (χ0) is 13.2. The molecule has 0 aliphatic carbocycles. The molecule has 2 aliphatic heterocycles. The first-order valence-electron chi connectivity index (χ1n) is 6.90. The summed E-state index contributed by atoms with van der Waals surface area (Å²) in [6.45, 7) is 7.21. The van der Waals surface area contributed by atoms with Crippen LogP contribution in [0, 0.1) is 5.41 Å². The molecule has 2 aliphatic rings. The molecule has 0 aromatic carbocycles. The maximum absolute atomic E-state index is 12.1. The summed E-state index contributed by atoms with van der Waals surface area (Å²) >= 11 is 0. The summed E-state index contributed by atoms with van der Waals surface area (Å²) in [6, 6.07) is 0.226. The highest BCUT2D eigenvalue weighted by Gasteiger charge is 2.33. The number of nitrogens with one attached hydrogen (secondary N) is 2. The van der Waals surface area contributed by atoms with E-state index in [4.69, 9.17) is 0 Å². The number of nitrogens with zero attached hydrogens (tertiary/aromatic N) is 1. The van der Waals surface area contributed by atoms with Crippen molar-refractivity contribution in [1.29, 1.82) is 0 Å². The van der Waals surface area contributed by atoms with Crippen LogP contribution in [0.5, 0.6) is 0 Å². The van der Waals surface area contributed by atoms with Gasteiger partial charge in [0.2, 0.25) is 0 Å². The van der Waals surface area contributed by atoms with Crippen molar-refractivity contribution >= 4 is 22.6 Å². The van der Waals surface area contributed by atoms with Crippen molar-refractivity contribution in [3.8, 4) is 0 Å². The molecular weight excluding hydrogens is 286 g/mol. The number of hydrogen-bond donors (Lipinski definition) is 2. The predicted molar refractivity (Wildman–Crippen MR) is 79.8 cm³/mol. The number of halogens is 1. The molecule has 2 N–H and O–H groups in total. The summed E-state index contributed by atoms with van der Waals surface area (Å²) in [6.07, 6.45) is 4.28. The first kappa shape index (κ1) is 17.2. The van der Waals surface area contributed by atoms with E-state index in [1.165, 1.54) is 6.42 Å². The van der Waals surface area contributed by atoms with E-state index in [-0.39, 0.29) is 23.9 Å². The van der Waals surface area contributed by atoms with E-state index in [0.717, 1.165) is 25.8 Å². The number of hydrogen-bond acceptors (Lipinski definition) is 3. The third-order valence-electron chi connectivity index (χ3n) is 4.21. The van der Waals surface area contributed by atoms with E-state index in [9.17, 15) is 8.42 Å². The quantitative estimate of drug-likeness (QED) is 0.818. The Morgan fingerprint density at radius 2 is 1.89 bits per heavy atom. The normalized spacial score (nSPS) is 28.0. The average molecular weight is 312 g/mol. The van der Waals surface area contributed by atoms with Crippen LogP contribution >= 0.6 is 12.4 Å². The lowest BCUT2D eigenvalue weighted by Gasteiger charge is -2.39. The monoisotopic (exact) mass is 311 g/mol. The van der Waals surface area contributed by atoms with Gasteiger partial charge in [0.15, 0.2) is 0 Å². The Morgan fingerprint density at radius 3 is 2.47 bits per heavy atom. The predicted octanol–water partition coefficient (Wildman–Crippen LogP) is 1.12. The zero-order valence-electron chi connectivity index (χ0n) is 11.8. The summed E-state index contributed by atoms with van der Waals surface area (Å²) in [5.74, 6) is 0. The van der Waals surface area contributed by atoms with Crippen molar-refractivity contribution < 1.29 is 8.42 Å². The maximum atomic E-state index is 12.1. The Labute approximate surface area is 123 Å². The van der Waals surface area contributed by atoms with Crippen molar-refractivity contribution in [3.05, 3.63) is 0 Å². The molecule has 2 saturated heterocycles. The SMILES string of the molecule is CC1(C)CCCNC1CNS(=O)(=O)N1CCCC1.Cl. The molecular formula is C12H26ClN3O2S. The van der Waals surface area contributed by atoms with Gasteiger partial charge in [-0.3, -0.25) is 0 Å². The molecule has 2 fully saturated rings. The van der Waals surface area contributed by atoms with Crippen LogP contribution < -0.4 is 10.0 Å². The maximum Gasteiger partial charge on any atom is 0.279 e. The summed E-state index contributed by atoms with van der Waals surface area (Å²) in [5, 5.41) is 3.43. The third kappa shape index (κ3) is 4.29. The van der Waals surface area contributed by atoms with Crippen molar-refractivity contribution in [2.24, 2.45) is 5.41 Å². The molecule has 19 heavy (non-hydrogen) atoms. The van der Waals surface area contributed by atoms with E-state index in [0.29, 0.717) is 19.6 Å². The lowest BCUT2D eigenvalue weighted by Crippen LogP contribution is -2.54. The van der Waals surface area contributed by atoms with Gasteiger partial charge in [-0.25, -0.2) is 4.72 Å². The van der Waals surface area contributed by atoms with Crippen LogP contribution in [0.2, 0.25) is 0 Å². The molecule has 0 aromatic rings. The van der Waals surface area contributed by atoms with Crippen molar-refractivity contribution in [2.75, 3.05) is 26.2 Å². The summed E-state index contributed by atoms with van der Waals surface area (Å²) in [5.41, 5.74) is 0.159. The molecule has 2 heterocycles. The van der Waals surface area contributed by atoms with Gasteiger partial charge in [-0.1, -0.05) is 13.8 Å². The molecule has 5 nitrogen and oxygen atoms in total. The van der Waals surface area contributed by atoms with Gasteiger partial charge in [0.25, 0.3) is 10.2 Å². The minimum Gasteiger partial charge on any atom is -0.312 e. The summed E-state index contributed by atoms with van der Waals surface area (Å²) < 4.78 is 28.5. The average Bonchev–Trinajstić information content (AvgIpc) is 2.81. The van der Waals surface area contributed by atoms with Crippen LogP contribution in [0.4, 0.5) is 0 Å². The molecule has 0 radical (unpaired) electrons. The lowest BCUT2D eigenvalue weighted by atomic mass is 9.78. The van der Waals surface area contributed by atoms with Crippen LogP contribution in [0.15, 0.2) is 0 Å². The minimum absolute atomic E-state index is 0. The van der Waals surface area contributed by atoms with E-state index < -0.39 is 10.2 Å². The Morgan fingerprint density at radius 1 is 1.26 bits per heavy atom. The van der Waals surface area contributed by atoms with Crippen LogP contribution in [0.1, 0.15) is 39.5 Å². The van der Waals surface area contributed by atoms with Gasteiger partial charge in [0.1, 0.15) is 0 Å². The Kier molecular flexibility index (Phi) is 6.07. The van der Waals surface area contributed by atoms with E-state index in [2.05, 4.69) is 23.9 Å². The second kappa shape index (κ2) is 6.72. The topological polar surface area (TPSA) is 61.4 Å². The molecule has 0 aromatic heterocycles. The molecule has 0 amide bonds. The van der Waals surface area contributed by atoms with Crippen LogP contribution in [0.25, 0.3) is 0 Å². The number of piperidine rings is 1. The second-order valence-corrected chi connectivity index (χ2v) is 7.81. The van der Waals surface area contributed by atoms with Gasteiger partial charge in [-0.05, 0) is 37.6 Å². The molecule has 0 spiro atoms. The molecule has 0 bridgehead atoms. The Hall–Kier alpha value is 0.120. The molecule has 1 atom stereocenters. The van der Waals surface area contributed by atoms with E-state index >= 15 is 0 Å². The van der Waals surface area contributed by atoms with Gasteiger partial charge in [0.05, 0.1) is 0 Å². The minimum atomic E-state index is -3.27. The summed E-state index contributed by atoms with van der Waals surface area (Å²) in [7, 11) is -3.27. The van der Waals surface area contributed by atoms with E-state index in [1.807, 2.05) is 0 Å². The molecule has 2 rings (SSSR count). The molecule has 114 valence electrons. The molecule has 7 heteroatoms. The largest absolute Gasteiger partial charge is 0.312 e. The van der Waals surface area contributed by atoms with Gasteiger partial charge in [-0.15, -0.1) is 12.4 Å². The van der Waals surface area contributed by atoms with Crippen molar-refractivity contribution in [2.45, 2.75) is 45.6 Å². The highest BCUT2D eigenvalue weighted by atomic mass is 35.5. The summed E-state index contributed by atoms with van der Waals surface area (Å²) in [4.78, 5) is 0. The fourth-order valence-electron chi connectivity index (χ4n) is 2.83. The number of rotatable bonds is 4. The first-order valence-corrected chi connectivity index (χ1v) is 8.34. The Bertz CT molecular complexity index is 380. The van der Waals surface area contributed by atoms with Gasteiger partial charge in [-0.2, -0.15) is 12.7 Å². The fraction of sp³-hybridized carbons (Fsp3) is 1.00. The smallest absolute Gasteiger partial charge is 0.279 e. The van der Waals surface area contributed by atoms with Gasteiger partial charge in [0, 0.05) is 25.7 Å². The third-order valence-corrected chi connectivity index (χ3v) is 5.78. The highest BCUT2D eigenvalue weighted by Crippen LogP contribution is 2.29. The van der Waals surface area contributed by atoms with E-state index in [1.54, 1.807) is 4.31 Å². The molecule has 0 saturated carbocycles. The van der Waals surface area contributed by atoms with Crippen LogP contribution in [-0.2, 0) is 10.2 Å². The standard InChI is InChI=1S/C12H25N3O2S.ClH/c1-12(2)6-5-7-13-11(12)10-14-18(16,17)15-8-3-4-9-15;/h11,13-14H,3-10H2,1-2H3;1H. The van der Waals surface area contributed by atoms with Gasteiger partial charge < -0.3 is 5.32 Å². The first-order chi connectivity index (χ1) is 8.42. The van der Waals surface area contributed by atoms with Crippen LogP contribution in [0.3, 0.4) is 0 Å². The lowest BCUT2D eigenvalue weighted by molar-refractivity contribution is 0.181. The van der Waals surface area contributed by atoms with Crippen molar-refractivity contribution in [1.82, 2.24) is 14.3 Å². The molecule has 1 unspecified atom stereocenters. The zero-order valence-corrected chi connectivity index (χ0v) is 13.4. The second-order valence-electron chi connectivity index (χ2n) is 6.06. The van der Waals surface area contributed by atoms with Crippen molar-refractivity contribution in [3.63, 3.8) is 0 Å². The van der Waals surface area contributed by atoms with Crippen LogP contribution in [-0.4, -0.2) is 44.9 Å². The fourth-order valence-corrected chi connectivity index (χ4v) is 4.13. The highest BCUT2D eigenvalue weighted by molar-refractivity contribution is 7.87. The van der Waals surface area contributed by atoms with Gasteiger partial charge >= 0.3 is 0 Å².